The Morgan fingerprint density at radius 3 is 2.41 bits per heavy atom. The van der Waals surface area contributed by atoms with Crippen LogP contribution in [0.5, 0.6) is 11.5 Å². The topological polar surface area (TPSA) is 52.6 Å². The summed E-state index contributed by atoms with van der Waals surface area (Å²) in [4.78, 5) is 0. The molecule has 22 heavy (non-hydrogen) atoms. The van der Waals surface area contributed by atoms with E-state index in [-0.39, 0.29) is 11.5 Å². The molecule has 1 heterocycles. The summed E-state index contributed by atoms with van der Waals surface area (Å²) in [5, 5.41) is 0.377. The van der Waals surface area contributed by atoms with Crippen molar-refractivity contribution in [3.63, 3.8) is 0 Å². The van der Waals surface area contributed by atoms with Crippen LogP contribution in [0.2, 0.25) is 5.02 Å². The molecule has 2 aromatic rings. The Morgan fingerprint density at radius 2 is 1.64 bits per heavy atom. The van der Waals surface area contributed by atoms with Gasteiger partial charge in [-0.15, -0.1) is 0 Å². The number of benzene rings is 2. The highest BCUT2D eigenvalue weighted by atomic mass is 35.5. The quantitative estimate of drug-likeness (QED) is 0.859. The van der Waals surface area contributed by atoms with Crippen molar-refractivity contribution in [2.75, 3.05) is 13.2 Å². The van der Waals surface area contributed by atoms with Crippen LogP contribution < -0.4 is 9.47 Å². The molecule has 0 aliphatic carbocycles. The minimum atomic E-state index is -3.29. The molecule has 0 bridgehead atoms. The van der Waals surface area contributed by atoms with Crippen LogP contribution in [0.25, 0.3) is 0 Å². The van der Waals surface area contributed by atoms with Gasteiger partial charge in [0.05, 0.1) is 16.5 Å². The number of hydrogen-bond acceptors (Lipinski definition) is 4. The maximum atomic E-state index is 12.3. The zero-order valence-corrected chi connectivity index (χ0v) is 13.4. The third-order valence-electron chi connectivity index (χ3n) is 3.27. The van der Waals surface area contributed by atoms with Gasteiger partial charge in [-0.2, -0.15) is 0 Å². The highest BCUT2D eigenvalue weighted by Crippen LogP contribution is 2.38. The number of halogens is 1. The molecule has 0 spiro atoms. The van der Waals surface area contributed by atoms with Crippen LogP contribution in [0, 0.1) is 0 Å². The van der Waals surface area contributed by atoms with E-state index < -0.39 is 9.84 Å². The summed E-state index contributed by atoms with van der Waals surface area (Å²) in [5.41, 5.74) is 1.37. The zero-order chi connectivity index (χ0) is 15.6. The van der Waals surface area contributed by atoms with Crippen LogP contribution in [0.4, 0.5) is 0 Å². The Kier molecular flexibility index (Phi) is 4.27. The van der Waals surface area contributed by atoms with Crippen molar-refractivity contribution in [2.45, 2.75) is 11.5 Å². The lowest BCUT2D eigenvalue weighted by Crippen LogP contribution is -2.16. The molecule has 0 saturated carbocycles. The van der Waals surface area contributed by atoms with E-state index in [0.29, 0.717) is 35.3 Å². The molecule has 0 saturated heterocycles. The second kappa shape index (κ2) is 6.18. The lowest BCUT2D eigenvalue weighted by molar-refractivity contribution is 0.171. The maximum Gasteiger partial charge on any atom is 0.179 e. The molecule has 3 rings (SSSR count). The molecule has 4 nitrogen and oxygen atoms in total. The highest BCUT2D eigenvalue weighted by molar-refractivity contribution is 7.89. The van der Waals surface area contributed by atoms with Crippen molar-refractivity contribution < 1.29 is 17.9 Å². The van der Waals surface area contributed by atoms with Gasteiger partial charge in [0, 0.05) is 0 Å². The fraction of sp³-hybridized carbons (Fsp3) is 0.250. The van der Waals surface area contributed by atoms with E-state index in [1.54, 1.807) is 24.3 Å². The summed E-state index contributed by atoms with van der Waals surface area (Å²) in [5.74, 6) is 0.902. The minimum absolute atomic E-state index is 0.0000983. The standard InChI is InChI=1S/C16H15ClO4S/c17-14-8-13(9-15-16(14)21-7-6-20-15)11-22(18,19)10-12-4-2-1-3-5-12/h1-5,8-9H,6-7,10-11H2. The molecule has 0 amide bonds. The van der Waals surface area contributed by atoms with E-state index in [0.717, 1.165) is 5.56 Å². The van der Waals surface area contributed by atoms with Crippen LogP contribution in [-0.2, 0) is 21.3 Å². The SMILES string of the molecule is O=S(=O)(Cc1ccccc1)Cc1cc(Cl)c2c(c1)OCCO2. The summed E-state index contributed by atoms with van der Waals surface area (Å²) in [6, 6.07) is 12.4. The van der Waals surface area contributed by atoms with Gasteiger partial charge in [-0.3, -0.25) is 0 Å². The van der Waals surface area contributed by atoms with Crippen molar-refractivity contribution in [1.29, 1.82) is 0 Å². The monoisotopic (exact) mass is 338 g/mol. The van der Waals surface area contributed by atoms with Crippen molar-refractivity contribution >= 4 is 21.4 Å². The zero-order valence-electron chi connectivity index (χ0n) is 11.8. The number of fused-ring (bicyclic) bond motifs is 1. The fourth-order valence-corrected chi connectivity index (χ4v) is 4.15. The fourth-order valence-electron chi connectivity index (χ4n) is 2.38. The molecule has 1 aliphatic heterocycles. The molecule has 0 fully saturated rings. The average molecular weight is 339 g/mol. The molecule has 0 atom stereocenters. The number of sulfone groups is 1. The second-order valence-corrected chi connectivity index (χ2v) is 7.59. The van der Waals surface area contributed by atoms with Gasteiger partial charge in [0.1, 0.15) is 13.2 Å². The van der Waals surface area contributed by atoms with Crippen LogP contribution in [0.1, 0.15) is 11.1 Å². The largest absolute Gasteiger partial charge is 0.486 e. The first-order chi connectivity index (χ1) is 10.5. The number of rotatable bonds is 4. The van der Waals surface area contributed by atoms with E-state index in [1.807, 2.05) is 18.2 Å². The summed E-state index contributed by atoms with van der Waals surface area (Å²) in [6.07, 6.45) is 0. The Balaban J connectivity index is 1.82. The minimum Gasteiger partial charge on any atom is -0.486 e. The molecule has 1 aliphatic rings. The lowest BCUT2D eigenvalue weighted by Gasteiger charge is -2.20. The van der Waals surface area contributed by atoms with Gasteiger partial charge in [-0.05, 0) is 23.3 Å². The Labute approximate surface area is 134 Å². The lowest BCUT2D eigenvalue weighted by atomic mass is 10.2. The first-order valence-corrected chi connectivity index (χ1v) is 9.06. The summed E-state index contributed by atoms with van der Waals surface area (Å²) >= 11 is 6.14. The third kappa shape index (κ3) is 3.54. The Bertz CT molecular complexity index is 772. The summed E-state index contributed by atoms with van der Waals surface area (Å²) < 4.78 is 35.6. The van der Waals surface area contributed by atoms with Gasteiger partial charge in [0.2, 0.25) is 0 Å². The van der Waals surface area contributed by atoms with E-state index in [2.05, 4.69) is 0 Å². The van der Waals surface area contributed by atoms with Crippen molar-refractivity contribution in [3.05, 3.63) is 58.6 Å². The van der Waals surface area contributed by atoms with Gasteiger partial charge in [0.25, 0.3) is 0 Å². The van der Waals surface area contributed by atoms with Gasteiger partial charge in [-0.25, -0.2) is 8.42 Å². The normalized spacial score (nSPS) is 13.9. The molecule has 0 radical (unpaired) electrons. The molecule has 0 N–H and O–H groups in total. The van der Waals surface area contributed by atoms with Gasteiger partial charge in [0.15, 0.2) is 21.3 Å². The highest BCUT2D eigenvalue weighted by Gasteiger charge is 2.20. The first-order valence-electron chi connectivity index (χ1n) is 6.86. The second-order valence-electron chi connectivity index (χ2n) is 5.12. The van der Waals surface area contributed by atoms with Crippen LogP contribution in [0.15, 0.2) is 42.5 Å². The number of ether oxygens (including phenoxy) is 2. The van der Waals surface area contributed by atoms with Crippen molar-refractivity contribution in [2.24, 2.45) is 0 Å². The average Bonchev–Trinajstić information content (AvgIpc) is 2.47. The van der Waals surface area contributed by atoms with Gasteiger partial charge < -0.3 is 9.47 Å². The van der Waals surface area contributed by atoms with Crippen LogP contribution in [0.3, 0.4) is 0 Å². The number of hydrogen-bond donors (Lipinski definition) is 0. The van der Waals surface area contributed by atoms with E-state index >= 15 is 0 Å². The summed E-state index contributed by atoms with van der Waals surface area (Å²) in [7, 11) is -3.29. The predicted molar refractivity (Wildman–Crippen MR) is 85.2 cm³/mol. The summed E-state index contributed by atoms with van der Waals surface area (Å²) in [6.45, 7) is 0.877. The van der Waals surface area contributed by atoms with E-state index in [9.17, 15) is 8.42 Å². The molecule has 0 aromatic heterocycles. The molecular weight excluding hydrogens is 324 g/mol. The van der Waals surface area contributed by atoms with Crippen molar-refractivity contribution in [1.82, 2.24) is 0 Å². The first kappa shape index (κ1) is 15.2. The third-order valence-corrected chi connectivity index (χ3v) is 5.10. The van der Waals surface area contributed by atoms with Gasteiger partial charge >= 0.3 is 0 Å². The molecule has 2 aromatic carbocycles. The van der Waals surface area contributed by atoms with E-state index in [1.165, 1.54) is 0 Å². The van der Waals surface area contributed by atoms with Crippen LogP contribution >= 0.6 is 11.6 Å². The Morgan fingerprint density at radius 1 is 0.955 bits per heavy atom. The molecule has 116 valence electrons. The van der Waals surface area contributed by atoms with Crippen LogP contribution in [-0.4, -0.2) is 21.6 Å². The predicted octanol–water partition coefficient (Wildman–Crippen LogP) is 3.23. The van der Waals surface area contributed by atoms with E-state index in [4.69, 9.17) is 21.1 Å². The Hall–Kier alpha value is -1.72. The van der Waals surface area contributed by atoms with Gasteiger partial charge in [-0.1, -0.05) is 41.9 Å². The van der Waals surface area contributed by atoms with Crippen molar-refractivity contribution in [3.8, 4) is 11.5 Å². The smallest absolute Gasteiger partial charge is 0.179 e. The molecular formula is C16H15ClO4S. The molecule has 6 heteroatoms. The molecule has 0 unspecified atom stereocenters. The maximum absolute atomic E-state index is 12.3.